The van der Waals surface area contributed by atoms with Crippen molar-refractivity contribution in [2.45, 2.75) is 0 Å². The topological polar surface area (TPSA) is 80.3 Å². The van der Waals surface area contributed by atoms with E-state index in [-0.39, 0.29) is 51.6 Å². The van der Waals surface area contributed by atoms with Crippen molar-refractivity contribution in [3.05, 3.63) is 0 Å². The monoisotopic (exact) mass is 165 g/mol. The summed E-state index contributed by atoms with van der Waals surface area (Å²) in [5, 5.41) is 0. The molecule has 0 aliphatic carbocycles. The van der Waals surface area contributed by atoms with Crippen molar-refractivity contribution < 1.29 is 51.8 Å². The summed E-state index contributed by atoms with van der Waals surface area (Å²) in [7, 11) is -5.17. The van der Waals surface area contributed by atoms with Crippen LogP contribution in [0, 0.1) is 0 Å². The number of rotatable bonds is 0. The summed E-state index contributed by atoms with van der Waals surface area (Å²) in [5.41, 5.74) is 0. The van der Waals surface area contributed by atoms with Crippen molar-refractivity contribution in [1.82, 2.24) is 0 Å². The molecule has 0 N–H and O–H groups in total. The van der Waals surface area contributed by atoms with Gasteiger partial charge in [-0.2, -0.15) is 0 Å². The van der Waals surface area contributed by atoms with Gasteiger partial charge in [0.1, 0.15) is 0 Å². The van der Waals surface area contributed by atoms with E-state index in [0.29, 0.717) is 0 Å². The largest absolute Gasteiger partial charge is 3.00 e. The molecule has 0 aromatic carbocycles. The van der Waals surface area contributed by atoms with Gasteiger partial charge in [-0.25, -0.2) is 0 Å². The molecular weight excluding hydrogens is 165 g/mol. The van der Waals surface area contributed by atoms with E-state index in [1.54, 1.807) is 0 Å². The van der Waals surface area contributed by atoms with E-state index in [2.05, 4.69) is 0 Å². The van der Waals surface area contributed by atoms with E-state index in [0.717, 1.165) is 0 Å². The fourth-order valence-electron chi connectivity index (χ4n) is 0. The molecule has 0 aliphatic heterocycles. The molecule has 0 heterocycles. The summed E-state index contributed by atoms with van der Waals surface area (Å²) in [6, 6.07) is 0. The zero-order valence-corrected chi connectivity index (χ0v) is 7.97. The van der Waals surface area contributed by atoms with Crippen molar-refractivity contribution in [2.75, 3.05) is 0 Å². The standard InChI is InChI=1S/Al.FH.Na.H2O4S/c;;;1-5(2,3)4/h;1H;;(H2,1,2,3,4)/q+3;;+1;/p-3. The summed E-state index contributed by atoms with van der Waals surface area (Å²) < 4.78 is 34.1. The van der Waals surface area contributed by atoms with E-state index >= 15 is 0 Å². The molecule has 0 radical (unpaired) electrons. The predicted molar refractivity (Wildman–Crippen MR) is 16.2 cm³/mol. The first-order chi connectivity index (χ1) is 2.00. The molecule has 0 atom stereocenters. The quantitative estimate of drug-likeness (QED) is 0.203. The second kappa shape index (κ2) is 8.33. The van der Waals surface area contributed by atoms with Gasteiger partial charge in [-0.3, -0.25) is 8.42 Å². The predicted octanol–water partition coefficient (Wildman–Crippen LogP) is -7.71. The second-order valence-corrected chi connectivity index (χ2v) is 1.22. The average Bonchev–Trinajstić information content (AvgIpc) is 0.722. The Morgan fingerprint density at radius 1 is 1.12 bits per heavy atom. The molecule has 0 aliphatic rings. The Bertz CT molecular complexity index is 99.2. The molecule has 4 nitrogen and oxygen atoms in total. The van der Waals surface area contributed by atoms with Gasteiger partial charge in [0.05, 0.1) is 0 Å². The maximum Gasteiger partial charge on any atom is 3.00 e. The third-order valence-electron chi connectivity index (χ3n) is 0. The van der Waals surface area contributed by atoms with Gasteiger partial charge in [-0.1, -0.05) is 0 Å². The molecule has 0 bridgehead atoms. The Balaban J connectivity index is -0.0000000267. The smallest absolute Gasteiger partial charge is 1.00 e. The Morgan fingerprint density at radius 3 is 1.12 bits per heavy atom. The summed E-state index contributed by atoms with van der Waals surface area (Å²) in [5.74, 6) is 0. The first-order valence-electron chi connectivity index (χ1n) is 0.667. The van der Waals surface area contributed by atoms with E-state index < -0.39 is 10.4 Å². The van der Waals surface area contributed by atoms with Crippen LogP contribution in [0.15, 0.2) is 0 Å². The molecule has 0 unspecified atom stereocenters. The van der Waals surface area contributed by atoms with Crippen LogP contribution < -0.4 is 34.3 Å². The summed E-state index contributed by atoms with van der Waals surface area (Å²) >= 11 is 0. The van der Waals surface area contributed by atoms with Crippen LogP contribution >= 0.6 is 0 Å². The minimum atomic E-state index is -5.17. The van der Waals surface area contributed by atoms with Gasteiger partial charge in [0, 0.05) is 10.4 Å². The summed E-state index contributed by atoms with van der Waals surface area (Å²) in [6.07, 6.45) is 0. The van der Waals surface area contributed by atoms with Crippen LogP contribution in [0.1, 0.15) is 0 Å². The first kappa shape index (κ1) is 22.8. The van der Waals surface area contributed by atoms with Crippen molar-refractivity contribution in [2.24, 2.45) is 0 Å². The van der Waals surface area contributed by atoms with Gasteiger partial charge < -0.3 is 13.8 Å². The minimum absolute atomic E-state index is 0. The van der Waals surface area contributed by atoms with Crippen LogP contribution in [-0.2, 0) is 10.4 Å². The van der Waals surface area contributed by atoms with Crippen molar-refractivity contribution >= 4 is 27.8 Å². The third kappa shape index (κ3) is 166. The molecule has 8 heavy (non-hydrogen) atoms. The summed E-state index contributed by atoms with van der Waals surface area (Å²) in [4.78, 5) is 0. The van der Waals surface area contributed by atoms with E-state index in [1.165, 1.54) is 0 Å². The van der Waals surface area contributed by atoms with Gasteiger partial charge in [0.15, 0.2) is 0 Å². The second-order valence-electron chi connectivity index (χ2n) is 0.408. The molecule has 0 fully saturated rings. The van der Waals surface area contributed by atoms with Gasteiger partial charge >= 0.3 is 46.9 Å². The van der Waals surface area contributed by atoms with Gasteiger partial charge in [-0.05, 0) is 0 Å². The zero-order valence-electron chi connectivity index (χ0n) is 4.00. The molecule has 0 spiro atoms. The van der Waals surface area contributed by atoms with Crippen LogP contribution in [-0.4, -0.2) is 34.9 Å². The molecule has 0 rings (SSSR count). The number of hydrogen-bond acceptors (Lipinski definition) is 4. The van der Waals surface area contributed by atoms with E-state index in [1.807, 2.05) is 0 Å². The van der Waals surface area contributed by atoms with Crippen LogP contribution in [0.25, 0.3) is 0 Å². The fourth-order valence-corrected chi connectivity index (χ4v) is 0. The van der Waals surface area contributed by atoms with Crippen molar-refractivity contribution in [3.8, 4) is 0 Å². The Hall–Kier alpha value is 1.33. The maximum absolute atomic E-state index is 8.52. The van der Waals surface area contributed by atoms with Crippen LogP contribution in [0.5, 0.6) is 0 Å². The maximum atomic E-state index is 8.52. The Labute approximate surface area is 79.0 Å². The molecule has 0 aromatic heterocycles. The van der Waals surface area contributed by atoms with Gasteiger partial charge in [-0.15, -0.1) is 0 Å². The van der Waals surface area contributed by atoms with Crippen LogP contribution in [0.2, 0.25) is 0 Å². The molecule has 0 amide bonds. The van der Waals surface area contributed by atoms with E-state index in [4.69, 9.17) is 17.5 Å². The Kier molecular flexibility index (Phi) is 23.7. The molecular formula is AlFNaO4S+. The molecule has 0 saturated heterocycles. The normalized spacial score (nSPS) is 7.25. The Morgan fingerprint density at radius 2 is 1.12 bits per heavy atom. The van der Waals surface area contributed by atoms with E-state index in [9.17, 15) is 0 Å². The van der Waals surface area contributed by atoms with Crippen molar-refractivity contribution in [1.29, 1.82) is 0 Å². The molecule has 0 saturated carbocycles. The molecule has 40 valence electrons. The van der Waals surface area contributed by atoms with Crippen molar-refractivity contribution in [3.63, 3.8) is 0 Å². The van der Waals surface area contributed by atoms with Gasteiger partial charge in [0.25, 0.3) is 0 Å². The number of halogens is 1. The van der Waals surface area contributed by atoms with Crippen LogP contribution in [0.3, 0.4) is 0 Å². The molecule has 8 heteroatoms. The first-order valence-corrected chi connectivity index (χ1v) is 2.00. The van der Waals surface area contributed by atoms with Crippen LogP contribution in [0.4, 0.5) is 0 Å². The SMILES string of the molecule is O=S(=O)([O-])[O-].[Al+3].[F-].[Na+]. The average molecular weight is 165 g/mol. The molecule has 0 aromatic rings. The van der Waals surface area contributed by atoms with Gasteiger partial charge in [0.2, 0.25) is 0 Å². The third-order valence-corrected chi connectivity index (χ3v) is 0. The summed E-state index contributed by atoms with van der Waals surface area (Å²) in [6.45, 7) is 0. The minimum Gasteiger partial charge on any atom is -1.00 e. The fraction of sp³-hybridized carbons (Fsp3) is 0. The number of hydrogen-bond donors (Lipinski definition) is 0. The zero-order chi connectivity index (χ0) is 4.50.